The summed E-state index contributed by atoms with van der Waals surface area (Å²) in [6.45, 7) is 5.49. The summed E-state index contributed by atoms with van der Waals surface area (Å²) in [4.78, 5) is 17.4. The Morgan fingerprint density at radius 1 is 1.00 bits per heavy atom. The molecular weight excluding hydrogens is 336 g/mol. The number of hydrogen-bond donors (Lipinski definition) is 0. The number of ether oxygens (including phenoxy) is 1. The molecule has 1 atom stereocenters. The Hall–Kier alpha value is -2.17. The zero-order valence-corrected chi connectivity index (χ0v) is 16.6. The Balaban J connectivity index is 1.71. The van der Waals surface area contributed by atoms with Crippen LogP contribution >= 0.6 is 0 Å². The highest BCUT2D eigenvalue weighted by Crippen LogP contribution is 2.19. The molecule has 1 aliphatic rings. The molecule has 0 aromatic heterocycles. The van der Waals surface area contributed by atoms with Crippen LogP contribution in [0.25, 0.3) is 0 Å². The van der Waals surface area contributed by atoms with Crippen molar-refractivity contribution < 1.29 is 9.53 Å². The maximum absolute atomic E-state index is 13.1. The lowest BCUT2D eigenvalue weighted by Gasteiger charge is -2.29. The van der Waals surface area contributed by atoms with Crippen LogP contribution < -0.4 is 4.90 Å². The molecule has 1 unspecified atom stereocenters. The fraction of sp³-hybridized carbons (Fsp3) is 0.435. The van der Waals surface area contributed by atoms with Crippen molar-refractivity contribution in [3.8, 4) is 0 Å². The molecule has 27 heavy (non-hydrogen) atoms. The third kappa shape index (κ3) is 4.96. The molecule has 3 rings (SSSR count). The number of anilines is 1. The molecule has 1 saturated heterocycles. The van der Waals surface area contributed by atoms with Gasteiger partial charge in [-0.2, -0.15) is 0 Å². The lowest BCUT2D eigenvalue weighted by atomic mass is 9.96. The molecule has 0 radical (unpaired) electrons. The SMILES string of the molecule is CCc1ccc(CC(C(=O)c2ccc(N3CCOCC3)cc2)N(C)C)cc1. The van der Waals surface area contributed by atoms with Gasteiger partial charge in [0.05, 0.1) is 19.3 Å². The van der Waals surface area contributed by atoms with Gasteiger partial charge in [0.1, 0.15) is 0 Å². The Morgan fingerprint density at radius 3 is 2.15 bits per heavy atom. The summed E-state index contributed by atoms with van der Waals surface area (Å²) in [5.41, 5.74) is 4.46. The smallest absolute Gasteiger partial charge is 0.180 e. The molecule has 4 nitrogen and oxygen atoms in total. The standard InChI is InChI=1S/C23H30N2O2/c1-4-18-5-7-19(8-6-18)17-22(24(2)3)23(26)20-9-11-21(12-10-20)25-13-15-27-16-14-25/h5-12,22H,4,13-17H2,1-3H3. The summed E-state index contributed by atoms with van der Waals surface area (Å²) in [7, 11) is 3.95. The normalized spacial score (nSPS) is 15.8. The van der Waals surface area contributed by atoms with Crippen molar-refractivity contribution in [2.45, 2.75) is 25.8 Å². The van der Waals surface area contributed by atoms with E-state index >= 15 is 0 Å². The van der Waals surface area contributed by atoms with Gasteiger partial charge in [0, 0.05) is 24.3 Å². The molecule has 1 fully saturated rings. The maximum atomic E-state index is 13.1. The summed E-state index contributed by atoms with van der Waals surface area (Å²) < 4.78 is 5.41. The van der Waals surface area contributed by atoms with Crippen molar-refractivity contribution in [3.63, 3.8) is 0 Å². The molecule has 144 valence electrons. The number of hydrogen-bond acceptors (Lipinski definition) is 4. The van der Waals surface area contributed by atoms with Gasteiger partial charge < -0.3 is 9.64 Å². The number of carbonyl (C=O) groups is 1. The summed E-state index contributed by atoms with van der Waals surface area (Å²) in [5, 5.41) is 0. The van der Waals surface area contributed by atoms with E-state index in [4.69, 9.17) is 4.74 Å². The highest BCUT2D eigenvalue weighted by atomic mass is 16.5. The first-order valence-corrected chi connectivity index (χ1v) is 9.79. The number of nitrogens with zero attached hydrogens (tertiary/aromatic N) is 2. The molecule has 0 bridgehead atoms. The number of Topliss-reactive ketones (excluding diaryl/α,β-unsaturated/α-hetero) is 1. The van der Waals surface area contributed by atoms with Crippen LogP contribution in [0.1, 0.15) is 28.4 Å². The third-order valence-electron chi connectivity index (χ3n) is 5.31. The van der Waals surface area contributed by atoms with Crippen molar-refractivity contribution in [1.29, 1.82) is 0 Å². The van der Waals surface area contributed by atoms with Gasteiger partial charge in [-0.25, -0.2) is 0 Å². The van der Waals surface area contributed by atoms with E-state index in [0.29, 0.717) is 0 Å². The van der Waals surface area contributed by atoms with Crippen LogP contribution in [0.15, 0.2) is 48.5 Å². The Bertz CT molecular complexity index is 732. The van der Waals surface area contributed by atoms with Gasteiger partial charge in [-0.3, -0.25) is 9.69 Å². The van der Waals surface area contributed by atoms with Crippen LogP contribution in [0.5, 0.6) is 0 Å². The molecule has 1 aliphatic heterocycles. The summed E-state index contributed by atoms with van der Waals surface area (Å²) in [6, 6.07) is 16.5. The highest BCUT2D eigenvalue weighted by Gasteiger charge is 2.23. The highest BCUT2D eigenvalue weighted by molar-refractivity contribution is 6.00. The van der Waals surface area contributed by atoms with Crippen LogP contribution in [0, 0.1) is 0 Å². The number of benzene rings is 2. The van der Waals surface area contributed by atoms with Gasteiger partial charge in [0.15, 0.2) is 5.78 Å². The molecule has 4 heteroatoms. The quantitative estimate of drug-likeness (QED) is 0.703. The van der Waals surface area contributed by atoms with Crippen LogP contribution in [-0.4, -0.2) is 57.1 Å². The molecular formula is C23H30N2O2. The van der Waals surface area contributed by atoms with Gasteiger partial charge in [0.2, 0.25) is 0 Å². The second-order valence-electron chi connectivity index (χ2n) is 7.36. The average Bonchev–Trinajstić information content (AvgIpc) is 2.72. The lowest BCUT2D eigenvalue weighted by Crippen LogP contribution is -2.38. The Labute approximate surface area is 162 Å². The fourth-order valence-electron chi connectivity index (χ4n) is 3.49. The first-order valence-electron chi connectivity index (χ1n) is 9.79. The second kappa shape index (κ2) is 9.16. The molecule has 0 saturated carbocycles. The van der Waals surface area contributed by atoms with E-state index in [1.165, 1.54) is 11.1 Å². The van der Waals surface area contributed by atoms with Crippen LogP contribution in [0.3, 0.4) is 0 Å². The van der Waals surface area contributed by atoms with Crippen LogP contribution in [0.2, 0.25) is 0 Å². The van der Waals surface area contributed by atoms with E-state index in [1.807, 2.05) is 31.1 Å². The largest absolute Gasteiger partial charge is 0.378 e. The number of morpholine rings is 1. The minimum absolute atomic E-state index is 0.160. The zero-order valence-electron chi connectivity index (χ0n) is 16.6. The number of carbonyl (C=O) groups excluding carboxylic acids is 1. The molecule has 1 heterocycles. The van der Waals surface area contributed by atoms with Crippen molar-refractivity contribution in [2.75, 3.05) is 45.3 Å². The van der Waals surface area contributed by atoms with E-state index in [-0.39, 0.29) is 11.8 Å². The second-order valence-corrected chi connectivity index (χ2v) is 7.36. The molecule has 2 aromatic rings. The lowest BCUT2D eigenvalue weighted by molar-refractivity contribution is 0.0875. The van der Waals surface area contributed by atoms with E-state index in [2.05, 4.69) is 48.2 Å². The van der Waals surface area contributed by atoms with Crippen molar-refractivity contribution >= 4 is 11.5 Å². The van der Waals surface area contributed by atoms with Gasteiger partial charge in [-0.05, 0) is 62.3 Å². The topological polar surface area (TPSA) is 32.8 Å². The Morgan fingerprint density at radius 2 is 1.59 bits per heavy atom. The van der Waals surface area contributed by atoms with E-state index in [9.17, 15) is 4.79 Å². The van der Waals surface area contributed by atoms with Crippen LogP contribution in [-0.2, 0) is 17.6 Å². The number of likely N-dealkylation sites (N-methyl/N-ethyl adjacent to an activating group) is 1. The van der Waals surface area contributed by atoms with E-state index in [1.54, 1.807) is 0 Å². The van der Waals surface area contributed by atoms with E-state index < -0.39 is 0 Å². The maximum Gasteiger partial charge on any atom is 0.180 e. The van der Waals surface area contributed by atoms with E-state index in [0.717, 1.165) is 50.4 Å². The molecule has 0 aliphatic carbocycles. The van der Waals surface area contributed by atoms with Crippen LogP contribution in [0.4, 0.5) is 5.69 Å². The number of aryl methyl sites for hydroxylation is 1. The monoisotopic (exact) mass is 366 g/mol. The molecule has 0 spiro atoms. The van der Waals surface area contributed by atoms with Crippen molar-refractivity contribution in [2.24, 2.45) is 0 Å². The van der Waals surface area contributed by atoms with Gasteiger partial charge >= 0.3 is 0 Å². The summed E-state index contributed by atoms with van der Waals surface area (Å²) >= 11 is 0. The number of rotatable bonds is 7. The summed E-state index contributed by atoms with van der Waals surface area (Å²) in [6.07, 6.45) is 1.76. The first kappa shape index (κ1) is 19.6. The van der Waals surface area contributed by atoms with Crippen molar-refractivity contribution in [3.05, 3.63) is 65.2 Å². The fourth-order valence-corrected chi connectivity index (χ4v) is 3.49. The van der Waals surface area contributed by atoms with Gasteiger partial charge in [-0.15, -0.1) is 0 Å². The van der Waals surface area contributed by atoms with Gasteiger partial charge in [0.25, 0.3) is 0 Å². The molecule has 2 aromatic carbocycles. The minimum Gasteiger partial charge on any atom is -0.378 e. The average molecular weight is 367 g/mol. The number of ketones is 1. The third-order valence-corrected chi connectivity index (χ3v) is 5.31. The first-order chi connectivity index (χ1) is 13.1. The predicted octanol–water partition coefficient (Wildman–Crippen LogP) is 3.44. The minimum atomic E-state index is -0.160. The predicted molar refractivity (Wildman–Crippen MR) is 111 cm³/mol. The van der Waals surface area contributed by atoms with Crippen molar-refractivity contribution in [1.82, 2.24) is 4.90 Å². The zero-order chi connectivity index (χ0) is 19.2. The molecule has 0 N–H and O–H groups in total. The molecule has 0 amide bonds. The van der Waals surface area contributed by atoms with Gasteiger partial charge in [-0.1, -0.05) is 31.2 Å². The summed E-state index contributed by atoms with van der Waals surface area (Å²) in [5.74, 6) is 0.174. The Kier molecular flexibility index (Phi) is 6.64.